The SMILES string of the molecule is CC(NCCOc1cccc(Br)c1)C(=O)O. The van der Waals surface area contributed by atoms with Gasteiger partial charge in [0.25, 0.3) is 0 Å². The van der Waals surface area contributed by atoms with Crippen molar-refractivity contribution in [1.82, 2.24) is 5.32 Å². The van der Waals surface area contributed by atoms with Gasteiger partial charge in [0.1, 0.15) is 18.4 Å². The van der Waals surface area contributed by atoms with Crippen molar-refractivity contribution >= 4 is 21.9 Å². The maximum atomic E-state index is 10.5. The van der Waals surface area contributed by atoms with Crippen molar-refractivity contribution in [2.75, 3.05) is 13.2 Å². The van der Waals surface area contributed by atoms with Gasteiger partial charge in [0, 0.05) is 11.0 Å². The van der Waals surface area contributed by atoms with Gasteiger partial charge in [0.05, 0.1) is 0 Å². The van der Waals surface area contributed by atoms with E-state index in [1.807, 2.05) is 24.3 Å². The van der Waals surface area contributed by atoms with Crippen LogP contribution < -0.4 is 10.1 Å². The van der Waals surface area contributed by atoms with Crippen LogP contribution in [0.25, 0.3) is 0 Å². The average Bonchev–Trinajstić information content (AvgIpc) is 2.24. The molecule has 16 heavy (non-hydrogen) atoms. The second-order valence-electron chi connectivity index (χ2n) is 3.32. The van der Waals surface area contributed by atoms with Crippen LogP contribution in [0.15, 0.2) is 28.7 Å². The van der Waals surface area contributed by atoms with Gasteiger partial charge < -0.3 is 15.2 Å². The Morgan fingerprint density at radius 2 is 2.38 bits per heavy atom. The number of carbonyl (C=O) groups is 1. The van der Waals surface area contributed by atoms with E-state index in [2.05, 4.69) is 21.2 Å². The topological polar surface area (TPSA) is 58.6 Å². The van der Waals surface area contributed by atoms with Gasteiger partial charge in [-0.1, -0.05) is 22.0 Å². The highest BCUT2D eigenvalue weighted by atomic mass is 79.9. The molecule has 1 atom stereocenters. The molecule has 1 aromatic rings. The van der Waals surface area contributed by atoms with Crippen molar-refractivity contribution in [3.63, 3.8) is 0 Å². The van der Waals surface area contributed by atoms with Crippen LogP contribution in [-0.2, 0) is 4.79 Å². The fraction of sp³-hybridized carbons (Fsp3) is 0.364. The molecule has 0 aromatic heterocycles. The molecule has 0 aliphatic carbocycles. The molecular weight excluding hydrogens is 274 g/mol. The Balaban J connectivity index is 2.23. The zero-order valence-corrected chi connectivity index (χ0v) is 10.5. The summed E-state index contributed by atoms with van der Waals surface area (Å²) in [5, 5.41) is 11.5. The highest BCUT2D eigenvalue weighted by Gasteiger charge is 2.08. The van der Waals surface area contributed by atoms with Gasteiger partial charge >= 0.3 is 5.97 Å². The molecule has 1 rings (SSSR count). The average molecular weight is 288 g/mol. The van der Waals surface area contributed by atoms with Crippen LogP contribution in [0.4, 0.5) is 0 Å². The smallest absolute Gasteiger partial charge is 0.320 e. The van der Waals surface area contributed by atoms with E-state index >= 15 is 0 Å². The molecule has 0 heterocycles. The highest BCUT2D eigenvalue weighted by Crippen LogP contribution is 2.17. The number of aliphatic carboxylic acids is 1. The number of halogens is 1. The molecule has 0 bridgehead atoms. The number of carboxylic acid groups (broad SMARTS) is 1. The van der Waals surface area contributed by atoms with Gasteiger partial charge in [-0.25, -0.2) is 0 Å². The van der Waals surface area contributed by atoms with E-state index in [9.17, 15) is 4.79 Å². The van der Waals surface area contributed by atoms with Crippen LogP contribution in [0.5, 0.6) is 5.75 Å². The predicted octanol–water partition coefficient (Wildman–Crippen LogP) is 1.89. The monoisotopic (exact) mass is 287 g/mol. The summed E-state index contributed by atoms with van der Waals surface area (Å²) in [5.41, 5.74) is 0. The largest absolute Gasteiger partial charge is 0.492 e. The van der Waals surface area contributed by atoms with Gasteiger partial charge in [-0.15, -0.1) is 0 Å². The van der Waals surface area contributed by atoms with Crippen LogP contribution in [-0.4, -0.2) is 30.3 Å². The number of carboxylic acids is 1. The number of benzene rings is 1. The predicted molar refractivity (Wildman–Crippen MR) is 64.7 cm³/mol. The van der Waals surface area contributed by atoms with E-state index in [1.165, 1.54) is 0 Å². The Kier molecular flexibility index (Phi) is 5.28. The second kappa shape index (κ2) is 6.50. The third-order valence-corrected chi connectivity index (χ3v) is 2.48. The molecule has 0 spiro atoms. The zero-order valence-electron chi connectivity index (χ0n) is 8.94. The van der Waals surface area contributed by atoms with E-state index in [4.69, 9.17) is 9.84 Å². The van der Waals surface area contributed by atoms with E-state index in [-0.39, 0.29) is 0 Å². The molecule has 1 unspecified atom stereocenters. The van der Waals surface area contributed by atoms with Crippen molar-refractivity contribution in [2.24, 2.45) is 0 Å². The third kappa shape index (κ3) is 4.63. The number of nitrogens with one attached hydrogen (secondary N) is 1. The first-order valence-electron chi connectivity index (χ1n) is 4.94. The zero-order chi connectivity index (χ0) is 12.0. The van der Waals surface area contributed by atoms with Crippen LogP contribution in [0.1, 0.15) is 6.92 Å². The summed E-state index contributed by atoms with van der Waals surface area (Å²) in [4.78, 5) is 10.5. The van der Waals surface area contributed by atoms with Crippen molar-refractivity contribution in [3.05, 3.63) is 28.7 Å². The third-order valence-electron chi connectivity index (χ3n) is 1.99. The molecule has 88 valence electrons. The molecule has 0 radical (unpaired) electrons. The molecule has 5 heteroatoms. The van der Waals surface area contributed by atoms with E-state index in [0.717, 1.165) is 10.2 Å². The minimum absolute atomic E-state index is 0.439. The Morgan fingerprint density at radius 3 is 3.00 bits per heavy atom. The number of rotatable bonds is 6. The standard InChI is InChI=1S/C11H14BrNO3/c1-8(11(14)15)13-5-6-16-10-4-2-3-9(12)7-10/h2-4,7-8,13H,5-6H2,1H3,(H,14,15). The first-order chi connectivity index (χ1) is 7.59. The fourth-order valence-corrected chi connectivity index (χ4v) is 1.47. The fourth-order valence-electron chi connectivity index (χ4n) is 1.09. The Labute approximate surface area is 103 Å². The molecule has 0 saturated carbocycles. The maximum absolute atomic E-state index is 10.5. The van der Waals surface area contributed by atoms with Crippen molar-refractivity contribution < 1.29 is 14.6 Å². The summed E-state index contributed by atoms with van der Waals surface area (Å²) in [6.45, 7) is 2.54. The molecule has 1 aromatic carbocycles. The number of ether oxygens (including phenoxy) is 1. The first-order valence-corrected chi connectivity index (χ1v) is 5.73. The van der Waals surface area contributed by atoms with Crippen LogP contribution >= 0.6 is 15.9 Å². The number of hydrogen-bond acceptors (Lipinski definition) is 3. The van der Waals surface area contributed by atoms with Crippen LogP contribution in [0, 0.1) is 0 Å². The van der Waals surface area contributed by atoms with Gasteiger partial charge in [-0.05, 0) is 25.1 Å². The minimum atomic E-state index is -0.859. The van der Waals surface area contributed by atoms with Gasteiger partial charge in [0.15, 0.2) is 0 Å². The van der Waals surface area contributed by atoms with Gasteiger partial charge in [-0.3, -0.25) is 4.79 Å². The maximum Gasteiger partial charge on any atom is 0.320 e. The number of hydrogen-bond donors (Lipinski definition) is 2. The lowest BCUT2D eigenvalue weighted by Crippen LogP contribution is -2.36. The van der Waals surface area contributed by atoms with Crippen molar-refractivity contribution in [2.45, 2.75) is 13.0 Å². The molecule has 2 N–H and O–H groups in total. The summed E-state index contributed by atoms with van der Waals surface area (Å²) < 4.78 is 6.39. The van der Waals surface area contributed by atoms with Crippen LogP contribution in [0.3, 0.4) is 0 Å². The highest BCUT2D eigenvalue weighted by molar-refractivity contribution is 9.10. The van der Waals surface area contributed by atoms with Crippen molar-refractivity contribution in [1.29, 1.82) is 0 Å². The lowest BCUT2D eigenvalue weighted by atomic mass is 10.3. The lowest BCUT2D eigenvalue weighted by molar-refractivity contribution is -0.139. The molecular formula is C11H14BrNO3. The van der Waals surface area contributed by atoms with Crippen molar-refractivity contribution in [3.8, 4) is 5.75 Å². The summed E-state index contributed by atoms with van der Waals surface area (Å²) in [5.74, 6) is -0.0957. The minimum Gasteiger partial charge on any atom is -0.492 e. The molecule has 0 amide bonds. The molecule has 0 aliphatic rings. The lowest BCUT2D eigenvalue weighted by Gasteiger charge is -2.10. The van der Waals surface area contributed by atoms with E-state index in [1.54, 1.807) is 6.92 Å². The summed E-state index contributed by atoms with van der Waals surface area (Å²) >= 11 is 3.34. The molecule has 0 fully saturated rings. The summed E-state index contributed by atoms with van der Waals surface area (Å²) in [6.07, 6.45) is 0. The Morgan fingerprint density at radius 1 is 1.62 bits per heavy atom. The second-order valence-corrected chi connectivity index (χ2v) is 4.24. The Hall–Kier alpha value is -1.07. The summed E-state index contributed by atoms with van der Waals surface area (Å²) in [7, 11) is 0. The van der Waals surface area contributed by atoms with E-state index in [0.29, 0.717) is 13.2 Å². The Bertz CT molecular complexity index is 357. The van der Waals surface area contributed by atoms with Gasteiger partial charge in [0.2, 0.25) is 0 Å². The molecule has 0 saturated heterocycles. The van der Waals surface area contributed by atoms with Crippen LogP contribution in [0.2, 0.25) is 0 Å². The van der Waals surface area contributed by atoms with Gasteiger partial charge in [-0.2, -0.15) is 0 Å². The summed E-state index contributed by atoms with van der Waals surface area (Å²) in [6, 6.07) is 6.96. The quantitative estimate of drug-likeness (QED) is 0.785. The normalized spacial score (nSPS) is 12.1. The van der Waals surface area contributed by atoms with E-state index < -0.39 is 12.0 Å². The first kappa shape index (κ1) is 13.0. The molecule has 4 nitrogen and oxygen atoms in total. The molecule has 0 aliphatic heterocycles.